The van der Waals surface area contributed by atoms with E-state index in [0.717, 1.165) is 16.2 Å². The molecular weight excluding hydrogens is 398 g/mol. The quantitative estimate of drug-likeness (QED) is 0.456. The molecule has 1 N–H and O–H groups in total. The van der Waals surface area contributed by atoms with Crippen molar-refractivity contribution in [1.82, 2.24) is 0 Å². The van der Waals surface area contributed by atoms with Crippen molar-refractivity contribution in [2.45, 2.75) is 6.92 Å². The molecule has 0 bridgehead atoms. The number of nitrogens with one attached hydrogen (secondary N) is 1. The number of anilines is 1. The molecule has 0 unspecified atom stereocenters. The highest BCUT2D eigenvalue weighted by Crippen LogP contribution is 2.32. The molecule has 1 amide bonds. The first-order chi connectivity index (χ1) is 15.0. The zero-order valence-corrected chi connectivity index (χ0v) is 17.4. The molecule has 1 heterocycles. The molecule has 1 aromatic heterocycles. The van der Waals surface area contributed by atoms with Gasteiger partial charge in [-0.1, -0.05) is 36.4 Å². The van der Waals surface area contributed by atoms with Crippen molar-refractivity contribution in [1.29, 1.82) is 0 Å². The van der Waals surface area contributed by atoms with Crippen LogP contribution < -0.4 is 14.8 Å². The summed E-state index contributed by atoms with van der Waals surface area (Å²) in [6.07, 6.45) is 0. The normalized spacial score (nSPS) is 10.8. The van der Waals surface area contributed by atoms with E-state index in [0.29, 0.717) is 28.3 Å². The smallest absolute Gasteiger partial charge is 0.375 e. The lowest BCUT2D eigenvalue weighted by atomic mass is 10.1. The molecule has 0 aliphatic heterocycles. The second kappa shape index (κ2) is 8.39. The van der Waals surface area contributed by atoms with Crippen LogP contribution in [-0.4, -0.2) is 32.7 Å². The number of methoxy groups -OCH3 is 2. The summed E-state index contributed by atoms with van der Waals surface area (Å²) in [7, 11) is 3.01. The Morgan fingerprint density at radius 2 is 1.77 bits per heavy atom. The number of rotatable bonds is 6. The minimum Gasteiger partial charge on any atom is -0.497 e. The molecule has 4 rings (SSSR count). The number of esters is 1. The molecule has 0 aliphatic carbocycles. The molecule has 0 fully saturated rings. The molecule has 0 radical (unpaired) electrons. The van der Waals surface area contributed by atoms with Gasteiger partial charge in [0.1, 0.15) is 17.1 Å². The fourth-order valence-corrected chi connectivity index (χ4v) is 3.44. The van der Waals surface area contributed by atoms with E-state index in [-0.39, 0.29) is 5.76 Å². The van der Waals surface area contributed by atoms with Crippen molar-refractivity contribution < 1.29 is 28.2 Å². The first kappa shape index (κ1) is 20.3. The van der Waals surface area contributed by atoms with Gasteiger partial charge in [0.05, 0.1) is 19.9 Å². The van der Waals surface area contributed by atoms with Gasteiger partial charge < -0.3 is 23.9 Å². The van der Waals surface area contributed by atoms with Crippen molar-refractivity contribution in [3.63, 3.8) is 0 Å². The van der Waals surface area contributed by atoms with Gasteiger partial charge in [0, 0.05) is 22.4 Å². The van der Waals surface area contributed by atoms with Crippen molar-refractivity contribution in [2.75, 3.05) is 26.1 Å². The van der Waals surface area contributed by atoms with Crippen molar-refractivity contribution >= 4 is 39.3 Å². The van der Waals surface area contributed by atoms with Crippen LogP contribution in [0.5, 0.6) is 11.5 Å². The van der Waals surface area contributed by atoms with E-state index < -0.39 is 18.5 Å². The van der Waals surface area contributed by atoms with E-state index in [1.807, 2.05) is 36.4 Å². The summed E-state index contributed by atoms with van der Waals surface area (Å²) in [4.78, 5) is 24.9. The Bertz CT molecular complexity index is 1290. The van der Waals surface area contributed by atoms with Gasteiger partial charge in [-0.05, 0) is 24.4 Å². The lowest BCUT2D eigenvalue weighted by Crippen LogP contribution is -2.21. The van der Waals surface area contributed by atoms with Crippen LogP contribution in [0.15, 0.2) is 59.0 Å². The summed E-state index contributed by atoms with van der Waals surface area (Å²) in [5, 5.41) is 5.40. The predicted octanol–water partition coefficient (Wildman–Crippen LogP) is 4.71. The van der Waals surface area contributed by atoms with Crippen molar-refractivity contribution in [3.8, 4) is 11.5 Å². The Hall–Kier alpha value is -4.00. The molecule has 3 aromatic carbocycles. The van der Waals surface area contributed by atoms with Crippen molar-refractivity contribution in [3.05, 3.63) is 65.9 Å². The van der Waals surface area contributed by atoms with Gasteiger partial charge in [-0.2, -0.15) is 0 Å². The largest absolute Gasteiger partial charge is 0.497 e. The fraction of sp³-hybridized carbons (Fsp3) is 0.167. The molecular formula is C24H21NO6. The Balaban J connectivity index is 1.50. The number of fused-ring (bicyclic) bond motifs is 3. The van der Waals surface area contributed by atoms with Crippen molar-refractivity contribution in [2.24, 2.45) is 0 Å². The molecule has 7 heteroatoms. The molecule has 0 aliphatic rings. The van der Waals surface area contributed by atoms with Gasteiger partial charge in [-0.15, -0.1) is 0 Å². The lowest BCUT2D eigenvalue weighted by Gasteiger charge is -2.11. The zero-order chi connectivity index (χ0) is 22.0. The summed E-state index contributed by atoms with van der Waals surface area (Å²) >= 11 is 0. The molecule has 4 aromatic rings. The third-order valence-corrected chi connectivity index (χ3v) is 5.03. The first-order valence-electron chi connectivity index (χ1n) is 9.61. The molecule has 0 saturated carbocycles. The summed E-state index contributed by atoms with van der Waals surface area (Å²) in [6, 6.07) is 16.6. The Labute approximate surface area is 178 Å². The van der Waals surface area contributed by atoms with Crippen LogP contribution in [0.2, 0.25) is 0 Å². The van der Waals surface area contributed by atoms with E-state index in [4.69, 9.17) is 18.6 Å². The van der Waals surface area contributed by atoms with Crippen LogP contribution in [0, 0.1) is 6.92 Å². The molecule has 0 atom stereocenters. The monoisotopic (exact) mass is 419 g/mol. The van der Waals surface area contributed by atoms with Gasteiger partial charge in [-0.3, -0.25) is 4.79 Å². The van der Waals surface area contributed by atoms with Gasteiger partial charge in [0.25, 0.3) is 5.91 Å². The number of benzene rings is 3. The molecule has 0 saturated heterocycles. The van der Waals surface area contributed by atoms with Gasteiger partial charge in [-0.25, -0.2) is 4.79 Å². The number of hydrogen-bond donors (Lipinski definition) is 1. The van der Waals surface area contributed by atoms with Gasteiger partial charge in [0.2, 0.25) is 5.76 Å². The summed E-state index contributed by atoms with van der Waals surface area (Å²) < 4.78 is 21.4. The summed E-state index contributed by atoms with van der Waals surface area (Å²) in [5.74, 6) is -0.124. The number of carbonyl (C=O) groups excluding carboxylic acids is 2. The number of amides is 1. The standard InChI is InChI=1S/C24H21NO6/c1-14-17-10-8-15-6-4-5-7-18(15)23(17)31-22(14)24(27)30-13-21(26)25-19-12-16(28-2)9-11-20(19)29-3/h4-12H,13H2,1-3H3,(H,25,26). The number of carbonyl (C=O) groups is 2. The second-order valence-electron chi connectivity index (χ2n) is 6.91. The number of hydrogen-bond acceptors (Lipinski definition) is 6. The predicted molar refractivity (Wildman–Crippen MR) is 117 cm³/mol. The van der Waals surface area contributed by atoms with Gasteiger partial charge >= 0.3 is 5.97 Å². The second-order valence-corrected chi connectivity index (χ2v) is 6.91. The number of aryl methyl sites for hydroxylation is 1. The first-order valence-corrected chi connectivity index (χ1v) is 9.61. The maximum absolute atomic E-state index is 12.6. The number of furan rings is 1. The maximum atomic E-state index is 12.6. The van der Waals surface area contributed by atoms with E-state index in [9.17, 15) is 9.59 Å². The lowest BCUT2D eigenvalue weighted by molar-refractivity contribution is -0.119. The highest BCUT2D eigenvalue weighted by molar-refractivity contribution is 6.08. The van der Waals surface area contributed by atoms with E-state index in [2.05, 4.69) is 5.32 Å². The average molecular weight is 419 g/mol. The average Bonchev–Trinajstić information content (AvgIpc) is 3.14. The molecule has 7 nitrogen and oxygen atoms in total. The molecule has 0 spiro atoms. The third-order valence-electron chi connectivity index (χ3n) is 5.03. The minimum absolute atomic E-state index is 0.0816. The Morgan fingerprint density at radius 1 is 0.968 bits per heavy atom. The van der Waals surface area contributed by atoms with Crippen LogP contribution in [-0.2, 0) is 9.53 Å². The zero-order valence-electron chi connectivity index (χ0n) is 17.4. The molecule has 31 heavy (non-hydrogen) atoms. The summed E-state index contributed by atoms with van der Waals surface area (Å²) in [6.45, 7) is 1.31. The van der Waals surface area contributed by atoms with Crippen LogP contribution >= 0.6 is 0 Å². The fourth-order valence-electron chi connectivity index (χ4n) is 3.44. The maximum Gasteiger partial charge on any atom is 0.375 e. The van der Waals surface area contributed by atoms with Crippen LogP contribution in [0.3, 0.4) is 0 Å². The van der Waals surface area contributed by atoms with Gasteiger partial charge in [0.15, 0.2) is 6.61 Å². The number of ether oxygens (including phenoxy) is 3. The van der Waals surface area contributed by atoms with E-state index in [1.165, 1.54) is 14.2 Å². The highest BCUT2D eigenvalue weighted by atomic mass is 16.5. The third kappa shape index (κ3) is 3.90. The molecule has 158 valence electrons. The summed E-state index contributed by atoms with van der Waals surface area (Å²) in [5.41, 5.74) is 1.70. The van der Waals surface area contributed by atoms with Crippen LogP contribution in [0.1, 0.15) is 16.1 Å². The minimum atomic E-state index is -0.703. The van der Waals surface area contributed by atoms with E-state index >= 15 is 0 Å². The Morgan fingerprint density at radius 3 is 2.55 bits per heavy atom. The Kier molecular flexibility index (Phi) is 5.49. The topological polar surface area (TPSA) is 87.0 Å². The van der Waals surface area contributed by atoms with Crippen LogP contribution in [0.25, 0.3) is 21.7 Å². The van der Waals surface area contributed by atoms with Crippen LogP contribution in [0.4, 0.5) is 5.69 Å². The van der Waals surface area contributed by atoms with E-state index in [1.54, 1.807) is 25.1 Å². The SMILES string of the molecule is COc1ccc(OC)c(NC(=O)COC(=O)c2oc3c(ccc4ccccc43)c2C)c1. The highest BCUT2D eigenvalue weighted by Gasteiger charge is 2.21.